The largest absolute Gasteiger partial charge is 0.508 e. The molecule has 1 saturated heterocycles. The zero-order chi connectivity index (χ0) is 16.8. The second kappa shape index (κ2) is 7.97. The van der Waals surface area contributed by atoms with Crippen molar-refractivity contribution in [2.24, 2.45) is 5.92 Å². The molecule has 1 amide bonds. The number of aromatic hydroxyl groups is 1. The summed E-state index contributed by atoms with van der Waals surface area (Å²) in [4.78, 5) is 24.2. The molecule has 6 heteroatoms. The highest BCUT2D eigenvalue weighted by molar-refractivity contribution is 5.81. The average molecular weight is 320 g/mol. The van der Waals surface area contributed by atoms with Crippen LogP contribution < -0.4 is 5.32 Å². The number of phenolic OH excluding ortho intramolecular Hbond substituents is 1. The van der Waals surface area contributed by atoms with Gasteiger partial charge in [-0.05, 0) is 42.5 Å². The Morgan fingerprint density at radius 3 is 2.83 bits per heavy atom. The Morgan fingerprint density at radius 1 is 1.39 bits per heavy atom. The summed E-state index contributed by atoms with van der Waals surface area (Å²) in [6, 6.07) is 7.43. The Hall–Kier alpha value is -2.08. The first-order chi connectivity index (χ1) is 11.0. The Balaban J connectivity index is 1.80. The molecule has 1 fully saturated rings. The van der Waals surface area contributed by atoms with Crippen LogP contribution in [-0.2, 0) is 9.59 Å². The highest BCUT2D eigenvalue weighted by atomic mass is 16.4. The fraction of sp³-hybridized carbons (Fsp3) is 0.529. The second-order valence-electron chi connectivity index (χ2n) is 6.19. The molecule has 126 valence electrons. The van der Waals surface area contributed by atoms with Crippen LogP contribution in [0, 0.1) is 5.92 Å². The van der Waals surface area contributed by atoms with Crippen LogP contribution in [0.2, 0.25) is 0 Å². The third kappa shape index (κ3) is 5.25. The van der Waals surface area contributed by atoms with Gasteiger partial charge in [-0.15, -0.1) is 0 Å². The smallest absolute Gasteiger partial charge is 0.322 e. The van der Waals surface area contributed by atoms with Gasteiger partial charge in [0.1, 0.15) is 12.3 Å². The maximum atomic E-state index is 11.6. The first-order valence-corrected chi connectivity index (χ1v) is 7.95. The molecule has 0 spiro atoms. The van der Waals surface area contributed by atoms with Crippen LogP contribution in [0.5, 0.6) is 5.75 Å². The number of likely N-dealkylation sites (tertiary alicyclic amines) is 1. The molecule has 0 aromatic heterocycles. The van der Waals surface area contributed by atoms with E-state index < -0.39 is 5.97 Å². The van der Waals surface area contributed by atoms with Gasteiger partial charge < -0.3 is 20.4 Å². The quantitative estimate of drug-likeness (QED) is 0.737. The van der Waals surface area contributed by atoms with Gasteiger partial charge in [0.25, 0.3) is 0 Å². The standard InChI is InChI=1S/C17H24N2O4/c1-12-11-19(8-6-16(21)18-10-17(22)23)7-5-15(12)13-3-2-4-14(20)9-13/h2-4,9,12,15,20H,5-8,10-11H2,1H3,(H,18,21)(H,22,23). The van der Waals surface area contributed by atoms with Crippen LogP contribution in [0.25, 0.3) is 0 Å². The van der Waals surface area contributed by atoms with Crippen molar-refractivity contribution in [3.63, 3.8) is 0 Å². The summed E-state index contributed by atoms with van der Waals surface area (Å²) in [7, 11) is 0. The molecule has 0 radical (unpaired) electrons. The van der Waals surface area contributed by atoms with E-state index in [1.165, 1.54) is 0 Å². The van der Waals surface area contributed by atoms with E-state index in [1.54, 1.807) is 6.07 Å². The van der Waals surface area contributed by atoms with E-state index in [4.69, 9.17) is 5.11 Å². The summed E-state index contributed by atoms with van der Waals surface area (Å²) < 4.78 is 0. The molecule has 1 aliphatic rings. The van der Waals surface area contributed by atoms with E-state index in [1.807, 2.05) is 12.1 Å². The fourth-order valence-electron chi connectivity index (χ4n) is 3.21. The topological polar surface area (TPSA) is 89.9 Å². The second-order valence-corrected chi connectivity index (χ2v) is 6.19. The number of phenols is 1. The summed E-state index contributed by atoms with van der Waals surface area (Å²) >= 11 is 0. The molecule has 2 rings (SSSR count). The first kappa shape index (κ1) is 17.3. The Bertz CT molecular complexity index is 561. The number of carboxylic acid groups (broad SMARTS) is 1. The fourth-order valence-corrected chi connectivity index (χ4v) is 3.21. The molecule has 3 N–H and O–H groups in total. The summed E-state index contributed by atoms with van der Waals surface area (Å²) in [5.41, 5.74) is 1.16. The molecule has 1 aliphatic heterocycles. The van der Waals surface area contributed by atoms with Gasteiger partial charge in [0.15, 0.2) is 0 Å². The number of amides is 1. The molecule has 23 heavy (non-hydrogen) atoms. The van der Waals surface area contributed by atoms with E-state index in [0.29, 0.717) is 30.6 Å². The van der Waals surface area contributed by atoms with Gasteiger partial charge in [-0.3, -0.25) is 9.59 Å². The minimum atomic E-state index is -1.03. The van der Waals surface area contributed by atoms with Crippen molar-refractivity contribution in [3.05, 3.63) is 29.8 Å². The molecular formula is C17H24N2O4. The Morgan fingerprint density at radius 2 is 2.17 bits per heavy atom. The van der Waals surface area contributed by atoms with E-state index in [2.05, 4.69) is 23.2 Å². The molecule has 0 bridgehead atoms. The van der Waals surface area contributed by atoms with Gasteiger partial charge in [0.2, 0.25) is 5.91 Å². The number of carbonyl (C=O) groups is 2. The molecule has 1 aromatic carbocycles. The minimum Gasteiger partial charge on any atom is -0.508 e. The Kier molecular flexibility index (Phi) is 5.98. The maximum absolute atomic E-state index is 11.6. The van der Waals surface area contributed by atoms with Gasteiger partial charge >= 0.3 is 5.97 Å². The molecule has 2 unspecified atom stereocenters. The van der Waals surface area contributed by atoms with E-state index in [9.17, 15) is 14.7 Å². The third-order valence-electron chi connectivity index (χ3n) is 4.38. The molecular weight excluding hydrogens is 296 g/mol. The molecule has 6 nitrogen and oxygen atoms in total. The van der Waals surface area contributed by atoms with Crippen LogP contribution in [0.4, 0.5) is 0 Å². The van der Waals surface area contributed by atoms with E-state index >= 15 is 0 Å². The van der Waals surface area contributed by atoms with Gasteiger partial charge in [0, 0.05) is 19.5 Å². The summed E-state index contributed by atoms with van der Waals surface area (Å²) in [6.07, 6.45) is 1.30. The highest BCUT2D eigenvalue weighted by Gasteiger charge is 2.27. The van der Waals surface area contributed by atoms with Crippen molar-refractivity contribution < 1.29 is 19.8 Å². The lowest BCUT2D eigenvalue weighted by Crippen LogP contribution is -2.40. The van der Waals surface area contributed by atoms with Gasteiger partial charge in [-0.25, -0.2) is 0 Å². The van der Waals surface area contributed by atoms with Crippen LogP contribution in [0.15, 0.2) is 24.3 Å². The van der Waals surface area contributed by atoms with Gasteiger partial charge in [-0.2, -0.15) is 0 Å². The maximum Gasteiger partial charge on any atom is 0.322 e. The van der Waals surface area contributed by atoms with Crippen molar-refractivity contribution in [2.75, 3.05) is 26.2 Å². The lowest BCUT2D eigenvalue weighted by Gasteiger charge is -2.37. The number of carbonyl (C=O) groups excluding carboxylic acids is 1. The number of piperidine rings is 1. The summed E-state index contributed by atoms with van der Waals surface area (Å²) in [5.74, 6) is -0.104. The van der Waals surface area contributed by atoms with Gasteiger partial charge in [0.05, 0.1) is 0 Å². The molecule has 1 aromatic rings. The highest BCUT2D eigenvalue weighted by Crippen LogP contribution is 2.33. The summed E-state index contributed by atoms with van der Waals surface area (Å²) in [6.45, 7) is 4.30. The number of rotatable bonds is 6. The average Bonchev–Trinajstić information content (AvgIpc) is 2.51. The van der Waals surface area contributed by atoms with Crippen molar-refractivity contribution >= 4 is 11.9 Å². The monoisotopic (exact) mass is 320 g/mol. The SMILES string of the molecule is CC1CN(CCC(=O)NCC(=O)O)CCC1c1cccc(O)c1. The van der Waals surface area contributed by atoms with E-state index in [0.717, 1.165) is 25.1 Å². The molecule has 0 aliphatic carbocycles. The van der Waals surface area contributed by atoms with Crippen molar-refractivity contribution in [1.82, 2.24) is 10.2 Å². The number of hydrogen-bond acceptors (Lipinski definition) is 4. The first-order valence-electron chi connectivity index (χ1n) is 7.95. The Labute approximate surface area is 136 Å². The van der Waals surface area contributed by atoms with E-state index in [-0.39, 0.29) is 12.5 Å². The zero-order valence-corrected chi connectivity index (χ0v) is 13.4. The van der Waals surface area contributed by atoms with Crippen LogP contribution in [-0.4, -0.2) is 53.2 Å². The number of nitrogens with one attached hydrogen (secondary N) is 1. The molecule has 1 heterocycles. The minimum absolute atomic E-state index is 0.227. The van der Waals surface area contributed by atoms with Crippen molar-refractivity contribution in [2.45, 2.75) is 25.7 Å². The predicted molar refractivity (Wildman–Crippen MR) is 86.3 cm³/mol. The number of aliphatic carboxylic acids is 1. The van der Waals surface area contributed by atoms with Crippen molar-refractivity contribution in [3.8, 4) is 5.75 Å². The number of nitrogens with zero attached hydrogens (tertiary/aromatic N) is 1. The number of hydrogen-bond donors (Lipinski definition) is 3. The third-order valence-corrected chi connectivity index (χ3v) is 4.38. The lowest BCUT2D eigenvalue weighted by molar-refractivity contribution is -0.138. The van der Waals surface area contributed by atoms with Crippen LogP contribution in [0.1, 0.15) is 31.2 Å². The molecule has 2 atom stereocenters. The van der Waals surface area contributed by atoms with Crippen molar-refractivity contribution in [1.29, 1.82) is 0 Å². The van der Waals surface area contributed by atoms with Gasteiger partial charge in [-0.1, -0.05) is 19.1 Å². The van der Waals surface area contributed by atoms with Crippen LogP contribution >= 0.6 is 0 Å². The molecule has 0 saturated carbocycles. The van der Waals surface area contributed by atoms with Crippen LogP contribution in [0.3, 0.4) is 0 Å². The number of carboxylic acids is 1. The predicted octanol–water partition coefficient (Wildman–Crippen LogP) is 1.41. The zero-order valence-electron chi connectivity index (χ0n) is 13.4. The lowest BCUT2D eigenvalue weighted by atomic mass is 9.81. The number of benzene rings is 1. The normalized spacial score (nSPS) is 21.8. The summed E-state index contributed by atoms with van der Waals surface area (Å²) in [5, 5.41) is 20.5.